The van der Waals surface area contributed by atoms with Crippen molar-refractivity contribution < 1.29 is 14.3 Å². The Labute approximate surface area is 184 Å². The number of carbonyl (C=O) groups is 2. The summed E-state index contributed by atoms with van der Waals surface area (Å²) in [5.74, 6) is 0.230. The first-order valence-electron chi connectivity index (χ1n) is 9.14. The van der Waals surface area contributed by atoms with Crippen LogP contribution in [0, 0.1) is 0 Å². The molecule has 29 heavy (non-hydrogen) atoms. The van der Waals surface area contributed by atoms with Crippen molar-refractivity contribution in [2.24, 2.45) is 0 Å². The predicted octanol–water partition coefficient (Wildman–Crippen LogP) is 4.00. The van der Waals surface area contributed by atoms with Crippen LogP contribution in [0.2, 0.25) is 0 Å². The number of amides is 2. The Morgan fingerprint density at radius 3 is 2.45 bits per heavy atom. The van der Waals surface area contributed by atoms with Crippen LogP contribution in [0.3, 0.4) is 0 Å². The third-order valence-corrected chi connectivity index (χ3v) is 4.75. The van der Waals surface area contributed by atoms with Gasteiger partial charge < -0.3 is 15.0 Å². The van der Waals surface area contributed by atoms with Gasteiger partial charge in [0.2, 0.25) is 5.91 Å². The molecule has 0 saturated heterocycles. The van der Waals surface area contributed by atoms with Crippen LogP contribution in [0.25, 0.3) is 0 Å². The first kappa shape index (κ1) is 22.8. The lowest BCUT2D eigenvalue weighted by Crippen LogP contribution is -2.34. The Hall–Kier alpha value is -2.45. The van der Waals surface area contributed by atoms with Gasteiger partial charge in [0.15, 0.2) is 5.11 Å². The Bertz CT molecular complexity index is 885. The number of benzene rings is 2. The van der Waals surface area contributed by atoms with Gasteiger partial charge in [-0.25, -0.2) is 0 Å². The highest BCUT2D eigenvalue weighted by Crippen LogP contribution is 2.23. The van der Waals surface area contributed by atoms with Crippen LogP contribution in [-0.4, -0.2) is 42.5 Å². The number of rotatable bonds is 7. The van der Waals surface area contributed by atoms with Crippen LogP contribution in [0.5, 0.6) is 5.75 Å². The summed E-state index contributed by atoms with van der Waals surface area (Å²) >= 11 is 8.62. The third kappa shape index (κ3) is 7.14. The minimum atomic E-state index is -0.355. The highest BCUT2D eigenvalue weighted by Gasteiger charge is 2.15. The number of anilines is 1. The number of carbonyl (C=O) groups excluding carboxylic acids is 2. The molecule has 2 rings (SSSR count). The number of halogens is 1. The fourth-order valence-electron chi connectivity index (χ4n) is 2.52. The quantitative estimate of drug-likeness (QED) is 0.589. The summed E-state index contributed by atoms with van der Waals surface area (Å²) in [7, 11) is 3.49. The van der Waals surface area contributed by atoms with E-state index in [1.165, 1.54) is 0 Å². The lowest BCUT2D eigenvalue weighted by molar-refractivity contribution is -0.128. The molecule has 0 aliphatic rings. The molecule has 0 aromatic heterocycles. The van der Waals surface area contributed by atoms with Gasteiger partial charge in [0.25, 0.3) is 5.91 Å². The molecule has 0 bridgehead atoms. The molecule has 0 saturated carbocycles. The number of aryl methyl sites for hydroxylation is 1. The Kier molecular flexibility index (Phi) is 8.60. The van der Waals surface area contributed by atoms with Crippen LogP contribution < -0.4 is 15.4 Å². The van der Waals surface area contributed by atoms with E-state index in [0.717, 1.165) is 15.7 Å². The zero-order chi connectivity index (χ0) is 21.4. The maximum Gasteiger partial charge on any atom is 0.261 e. The fourth-order valence-corrected chi connectivity index (χ4v) is 3.10. The maximum atomic E-state index is 12.6. The van der Waals surface area contributed by atoms with Crippen LogP contribution in [0.1, 0.15) is 29.3 Å². The number of hydrogen-bond donors (Lipinski definition) is 2. The van der Waals surface area contributed by atoms with Gasteiger partial charge in [-0.15, -0.1) is 0 Å². The molecular weight excluding hydrogens is 454 g/mol. The van der Waals surface area contributed by atoms with Crippen LogP contribution >= 0.6 is 28.1 Å². The summed E-state index contributed by atoms with van der Waals surface area (Å²) in [5.41, 5.74) is 2.19. The zero-order valence-electron chi connectivity index (χ0n) is 16.6. The van der Waals surface area contributed by atoms with Gasteiger partial charge in [0.1, 0.15) is 5.75 Å². The number of thiocarbonyl (C=S) groups is 1. The summed E-state index contributed by atoms with van der Waals surface area (Å²) in [4.78, 5) is 25.8. The number of nitrogens with zero attached hydrogens (tertiary/aromatic N) is 1. The Morgan fingerprint density at radius 2 is 1.83 bits per heavy atom. The highest BCUT2D eigenvalue weighted by molar-refractivity contribution is 9.10. The molecule has 0 unspecified atom stereocenters. The van der Waals surface area contributed by atoms with Crippen LogP contribution in [-0.2, 0) is 11.2 Å². The van der Waals surface area contributed by atoms with Gasteiger partial charge in [-0.05, 0) is 61.5 Å². The molecule has 2 aromatic carbocycles. The largest absolute Gasteiger partial charge is 0.493 e. The van der Waals surface area contributed by atoms with E-state index in [9.17, 15) is 9.59 Å². The van der Waals surface area contributed by atoms with Crippen molar-refractivity contribution in [1.29, 1.82) is 0 Å². The van der Waals surface area contributed by atoms with Crippen molar-refractivity contribution in [3.05, 3.63) is 58.1 Å². The second-order valence-electron chi connectivity index (χ2n) is 6.47. The van der Waals surface area contributed by atoms with Gasteiger partial charge in [0, 0.05) is 30.7 Å². The molecule has 6 nitrogen and oxygen atoms in total. The average Bonchev–Trinajstić information content (AvgIpc) is 2.68. The minimum absolute atomic E-state index is 0.0927. The van der Waals surface area contributed by atoms with Crippen molar-refractivity contribution >= 4 is 50.8 Å². The Balaban J connectivity index is 1.94. The van der Waals surface area contributed by atoms with E-state index in [2.05, 4.69) is 26.6 Å². The van der Waals surface area contributed by atoms with Gasteiger partial charge in [-0.2, -0.15) is 0 Å². The summed E-state index contributed by atoms with van der Waals surface area (Å²) in [6.45, 7) is 2.31. The molecule has 0 atom stereocenters. The summed E-state index contributed by atoms with van der Waals surface area (Å²) in [5, 5.41) is 5.85. The molecule has 0 radical (unpaired) electrons. The second-order valence-corrected chi connectivity index (χ2v) is 7.79. The summed E-state index contributed by atoms with van der Waals surface area (Å²) in [6, 6.07) is 12.8. The first-order valence-corrected chi connectivity index (χ1v) is 10.3. The van der Waals surface area contributed by atoms with Crippen LogP contribution in [0.15, 0.2) is 46.9 Å². The highest BCUT2D eigenvalue weighted by atomic mass is 79.9. The topological polar surface area (TPSA) is 70.7 Å². The number of nitrogens with one attached hydrogen (secondary N) is 2. The predicted molar refractivity (Wildman–Crippen MR) is 122 cm³/mol. The number of ether oxygens (including phenoxy) is 1. The lowest BCUT2D eigenvalue weighted by atomic mass is 10.1. The molecule has 0 fully saturated rings. The van der Waals surface area contributed by atoms with Gasteiger partial charge in [0.05, 0.1) is 12.2 Å². The van der Waals surface area contributed by atoms with E-state index < -0.39 is 0 Å². The van der Waals surface area contributed by atoms with Gasteiger partial charge in [-0.3, -0.25) is 14.9 Å². The molecule has 2 amide bonds. The van der Waals surface area contributed by atoms with E-state index in [0.29, 0.717) is 30.8 Å². The van der Waals surface area contributed by atoms with Crippen molar-refractivity contribution in [2.45, 2.75) is 19.8 Å². The molecular formula is C21H24BrN3O3S. The third-order valence-electron chi connectivity index (χ3n) is 4.05. The van der Waals surface area contributed by atoms with E-state index in [1.54, 1.807) is 31.1 Å². The molecule has 0 aliphatic heterocycles. The van der Waals surface area contributed by atoms with Crippen molar-refractivity contribution in [3.63, 3.8) is 0 Å². The first-order chi connectivity index (χ1) is 13.8. The van der Waals surface area contributed by atoms with E-state index in [1.807, 2.05) is 37.3 Å². The normalized spacial score (nSPS) is 10.2. The number of hydrogen-bond acceptors (Lipinski definition) is 4. The fraction of sp³-hybridized carbons (Fsp3) is 0.286. The Morgan fingerprint density at radius 1 is 1.14 bits per heavy atom. The van der Waals surface area contributed by atoms with E-state index in [-0.39, 0.29) is 16.9 Å². The maximum absolute atomic E-state index is 12.6. The molecule has 2 aromatic rings. The van der Waals surface area contributed by atoms with E-state index in [4.69, 9.17) is 17.0 Å². The molecule has 0 spiro atoms. The minimum Gasteiger partial charge on any atom is -0.493 e. The SMILES string of the molecule is CCOc1ccc(Br)cc1C(=O)NC(=S)Nc1ccc(CCC(=O)N(C)C)cc1. The van der Waals surface area contributed by atoms with Crippen molar-refractivity contribution in [3.8, 4) is 5.75 Å². The van der Waals surface area contributed by atoms with Gasteiger partial charge >= 0.3 is 0 Å². The molecule has 8 heteroatoms. The smallest absolute Gasteiger partial charge is 0.261 e. The average molecular weight is 478 g/mol. The molecule has 0 heterocycles. The van der Waals surface area contributed by atoms with Crippen LogP contribution in [0.4, 0.5) is 5.69 Å². The second kappa shape index (κ2) is 10.9. The summed E-state index contributed by atoms with van der Waals surface area (Å²) in [6.07, 6.45) is 1.13. The standard InChI is InChI=1S/C21H24BrN3O3S/c1-4-28-18-11-8-15(22)13-17(18)20(27)24-21(29)23-16-9-5-14(6-10-16)7-12-19(26)25(2)3/h5-6,8-11,13H,4,7,12H2,1-3H3,(H2,23,24,27,29). The monoisotopic (exact) mass is 477 g/mol. The summed E-state index contributed by atoms with van der Waals surface area (Å²) < 4.78 is 6.28. The zero-order valence-corrected chi connectivity index (χ0v) is 19.0. The lowest BCUT2D eigenvalue weighted by Gasteiger charge is -2.13. The molecule has 0 aliphatic carbocycles. The van der Waals surface area contributed by atoms with Gasteiger partial charge in [-0.1, -0.05) is 28.1 Å². The molecule has 2 N–H and O–H groups in total. The van der Waals surface area contributed by atoms with Crippen molar-refractivity contribution in [1.82, 2.24) is 10.2 Å². The molecule has 154 valence electrons. The van der Waals surface area contributed by atoms with Crippen molar-refractivity contribution in [2.75, 3.05) is 26.0 Å². The van der Waals surface area contributed by atoms with E-state index >= 15 is 0 Å².